The zero-order chi connectivity index (χ0) is 29.9. The molecule has 1 aromatic carbocycles. The zero-order valence-corrected chi connectivity index (χ0v) is 26.5. The number of carbonyl (C=O) groups is 2. The second-order valence-electron chi connectivity index (χ2n) is 17.0. The highest BCUT2D eigenvalue weighted by Crippen LogP contribution is 2.76. The second-order valence-corrected chi connectivity index (χ2v) is 17.0. The van der Waals surface area contributed by atoms with E-state index in [9.17, 15) is 19.8 Å². The highest BCUT2D eigenvalue weighted by molar-refractivity contribution is 6.03. The van der Waals surface area contributed by atoms with Crippen LogP contribution in [0.25, 0.3) is 0 Å². The molecule has 0 radical (unpaired) electrons. The summed E-state index contributed by atoms with van der Waals surface area (Å²) in [5.74, 6) is 0.0661. The number of carboxylic acid groups (broad SMARTS) is 1. The lowest BCUT2D eigenvalue weighted by Crippen LogP contribution is -2.68. The monoisotopic (exact) mass is 560 g/mol. The van der Waals surface area contributed by atoms with Gasteiger partial charge in [-0.25, -0.2) is 0 Å². The van der Waals surface area contributed by atoms with Gasteiger partial charge in [0.05, 0.1) is 5.41 Å². The Morgan fingerprint density at radius 1 is 0.805 bits per heavy atom. The number of carbonyl (C=O) groups excluding carboxylic acids is 1. The molecule has 4 fully saturated rings. The van der Waals surface area contributed by atoms with Crippen molar-refractivity contribution >= 4 is 11.8 Å². The summed E-state index contributed by atoms with van der Waals surface area (Å²) in [5.41, 5.74) is -0.321. The molecule has 5 aliphatic carbocycles. The summed E-state index contributed by atoms with van der Waals surface area (Å²) in [6.07, 6.45) is 11.3. The Morgan fingerprint density at radius 2 is 1.46 bits per heavy atom. The summed E-state index contributed by atoms with van der Waals surface area (Å²) >= 11 is 0. The molecule has 4 nitrogen and oxygen atoms in total. The maximum atomic E-state index is 13.9. The quantitative estimate of drug-likeness (QED) is 0.287. The van der Waals surface area contributed by atoms with Gasteiger partial charge in [0.2, 0.25) is 0 Å². The van der Waals surface area contributed by atoms with Crippen LogP contribution in [0.3, 0.4) is 0 Å². The molecular weight excluding hydrogens is 508 g/mol. The summed E-state index contributed by atoms with van der Waals surface area (Å²) in [6.45, 7) is 16.4. The van der Waals surface area contributed by atoms with E-state index >= 15 is 0 Å². The third-order valence-electron chi connectivity index (χ3n) is 14.7. The molecule has 4 saturated carbocycles. The van der Waals surface area contributed by atoms with Crippen molar-refractivity contribution in [2.45, 2.75) is 118 Å². The topological polar surface area (TPSA) is 74.6 Å². The molecule has 224 valence electrons. The minimum atomic E-state index is -1.38. The van der Waals surface area contributed by atoms with E-state index in [1.165, 1.54) is 5.57 Å². The summed E-state index contributed by atoms with van der Waals surface area (Å²) < 4.78 is 0. The summed E-state index contributed by atoms with van der Waals surface area (Å²) in [5, 5.41) is 22.8. The third kappa shape index (κ3) is 3.61. The van der Waals surface area contributed by atoms with Crippen LogP contribution in [0.5, 0.6) is 0 Å². The Hall–Kier alpha value is -1.94. The zero-order valence-electron chi connectivity index (χ0n) is 26.5. The van der Waals surface area contributed by atoms with Crippen molar-refractivity contribution in [3.8, 4) is 0 Å². The van der Waals surface area contributed by atoms with Gasteiger partial charge in [0.15, 0.2) is 5.78 Å². The molecule has 5 aliphatic rings. The van der Waals surface area contributed by atoms with Gasteiger partial charge in [0, 0.05) is 11.0 Å². The smallest absolute Gasteiger partial charge is 0.310 e. The first-order valence-corrected chi connectivity index (χ1v) is 16.2. The number of hydrogen-bond donors (Lipinski definition) is 2. The van der Waals surface area contributed by atoms with Gasteiger partial charge in [-0.1, -0.05) is 90.4 Å². The Bertz CT molecular complexity index is 1290. The summed E-state index contributed by atoms with van der Waals surface area (Å²) in [6, 6.07) is 9.35. The van der Waals surface area contributed by atoms with E-state index in [0.29, 0.717) is 17.9 Å². The molecule has 41 heavy (non-hydrogen) atoms. The van der Waals surface area contributed by atoms with Crippen LogP contribution >= 0.6 is 0 Å². The number of ketones is 1. The molecule has 0 amide bonds. The maximum absolute atomic E-state index is 13.9. The molecule has 0 spiro atoms. The first-order chi connectivity index (χ1) is 19.0. The van der Waals surface area contributed by atoms with Crippen LogP contribution in [0.4, 0.5) is 0 Å². The Labute approximate surface area is 247 Å². The average Bonchev–Trinajstić information content (AvgIpc) is 2.91. The van der Waals surface area contributed by atoms with Gasteiger partial charge in [0.25, 0.3) is 0 Å². The molecule has 2 N–H and O–H groups in total. The molecule has 8 atom stereocenters. The van der Waals surface area contributed by atoms with E-state index in [1.54, 1.807) is 0 Å². The largest absolute Gasteiger partial charge is 0.481 e. The number of Topliss-reactive ketones (excluding diaryl/α,β-unsaturated/α-hetero) is 1. The number of aliphatic hydroxyl groups is 1. The molecule has 6 rings (SSSR count). The van der Waals surface area contributed by atoms with Gasteiger partial charge in [-0.15, -0.1) is 0 Å². The van der Waals surface area contributed by atoms with Crippen LogP contribution < -0.4 is 0 Å². The van der Waals surface area contributed by atoms with Gasteiger partial charge in [-0.05, 0) is 104 Å². The van der Waals surface area contributed by atoms with Crippen LogP contribution in [0.2, 0.25) is 0 Å². The number of carboxylic acids is 1. The summed E-state index contributed by atoms with van der Waals surface area (Å²) in [4.78, 5) is 26.8. The molecule has 4 heteroatoms. The van der Waals surface area contributed by atoms with Gasteiger partial charge < -0.3 is 10.2 Å². The van der Waals surface area contributed by atoms with E-state index in [0.717, 1.165) is 57.8 Å². The van der Waals surface area contributed by atoms with Crippen molar-refractivity contribution < 1.29 is 19.8 Å². The van der Waals surface area contributed by atoms with Crippen molar-refractivity contribution in [3.63, 3.8) is 0 Å². The lowest BCUT2D eigenvalue weighted by Gasteiger charge is -2.72. The predicted octanol–water partition coefficient (Wildman–Crippen LogP) is 8.49. The highest BCUT2D eigenvalue weighted by Gasteiger charge is 2.71. The van der Waals surface area contributed by atoms with Gasteiger partial charge >= 0.3 is 5.97 Å². The van der Waals surface area contributed by atoms with E-state index < -0.39 is 22.4 Å². The Morgan fingerprint density at radius 3 is 2.12 bits per heavy atom. The highest BCUT2D eigenvalue weighted by atomic mass is 16.4. The Balaban J connectivity index is 1.39. The number of aliphatic carboxylic acids is 1. The van der Waals surface area contributed by atoms with Gasteiger partial charge in [-0.2, -0.15) is 0 Å². The number of hydrogen-bond acceptors (Lipinski definition) is 3. The molecule has 0 bridgehead atoms. The SMILES string of the molecule is CC1(C)CC[C@]2(C(=O)O)CC[C@]3(C)C(=CC[C@@H]4[C@@]5(C)CC[C@@](O)(C(=O)c6ccccc6)C(C)(C)[C@@H]5CC[C@]43C)[C@@H]2C1. The number of rotatable bonds is 3. The van der Waals surface area contributed by atoms with Gasteiger partial charge in [-0.3, -0.25) is 9.59 Å². The van der Waals surface area contributed by atoms with Crippen LogP contribution in [0, 0.1) is 50.2 Å². The van der Waals surface area contributed by atoms with Crippen LogP contribution in [-0.4, -0.2) is 27.6 Å². The van der Waals surface area contributed by atoms with Crippen molar-refractivity contribution in [2.24, 2.45) is 50.2 Å². The third-order valence-corrected chi connectivity index (χ3v) is 14.7. The molecule has 1 aromatic rings. The fourth-order valence-electron chi connectivity index (χ4n) is 11.8. The lowest BCUT2D eigenvalue weighted by atomic mass is 9.32. The number of allylic oxidation sites excluding steroid dienone is 2. The normalized spacial score (nSPS) is 46.1. The van der Waals surface area contributed by atoms with E-state index in [-0.39, 0.29) is 39.3 Å². The van der Waals surface area contributed by atoms with Crippen molar-refractivity contribution in [1.82, 2.24) is 0 Å². The minimum absolute atomic E-state index is 0.00208. The van der Waals surface area contributed by atoms with Gasteiger partial charge in [0.1, 0.15) is 5.60 Å². The Kier molecular flexibility index (Phi) is 6.26. The molecule has 0 aliphatic heterocycles. The van der Waals surface area contributed by atoms with E-state index in [1.807, 2.05) is 30.3 Å². The van der Waals surface area contributed by atoms with Crippen LogP contribution in [-0.2, 0) is 4.79 Å². The van der Waals surface area contributed by atoms with Crippen molar-refractivity contribution in [1.29, 1.82) is 0 Å². The first kappa shape index (κ1) is 29.1. The molecule has 0 aromatic heterocycles. The second kappa shape index (κ2) is 8.80. The fraction of sp³-hybridized carbons (Fsp3) is 0.730. The maximum Gasteiger partial charge on any atom is 0.310 e. The minimum Gasteiger partial charge on any atom is -0.481 e. The van der Waals surface area contributed by atoms with E-state index in [2.05, 4.69) is 54.5 Å². The number of fused-ring (bicyclic) bond motifs is 7. The first-order valence-electron chi connectivity index (χ1n) is 16.2. The summed E-state index contributed by atoms with van der Waals surface area (Å²) in [7, 11) is 0. The van der Waals surface area contributed by atoms with Crippen molar-refractivity contribution in [2.75, 3.05) is 0 Å². The lowest BCUT2D eigenvalue weighted by molar-refractivity contribution is -0.221. The number of benzene rings is 1. The average molecular weight is 561 g/mol. The standard InChI is InChI=1S/C37H52O4/c1-31(2)17-20-36(30(39)40)21-19-34(6)25(26(36)23-31)13-14-28-33(5)18-22-37(41,29(38)24-11-9-8-10-12-24)32(3,4)27(33)15-16-35(28,34)7/h8-13,26-28,41H,14-23H2,1-7H3,(H,39,40)/t26-,27-,28+,33-,34+,35+,36-,37+/m0/s1. The predicted molar refractivity (Wildman–Crippen MR) is 162 cm³/mol. The fourth-order valence-corrected chi connectivity index (χ4v) is 11.8. The van der Waals surface area contributed by atoms with E-state index in [4.69, 9.17) is 0 Å². The van der Waals surface area contributed by atoms with Crippen LogP contribution in [0.1, 0.15) is 123 Å². The molecule has 0 heterocycles. The van der Waals surface area contributed by atoms with Crippen molar-refractivity contribution in [3.05, 3.63) is 47.5 Å². The molecule has 0 saturated heterocycles. The molecule has 0 unspecified atom stereocenters. The molecular formula is C37H52O4. The van der Waals surface area contributed by atoms with Crippen LogP contribution in [0.15, 0.2) is 42.0 Å².